The fraction of sp³-hybridized carbons (Fsp3) is 0.270. The zero-order valence-electron chi connectivity index (χ0n) is 75.8. The maximum absolute atomic E-state index is 10.1. The highest BCUT2D eigenvalue weighted by Gasteiger charge is 2.22. The van der Waals surface area contributed by atoms with Crippen molar-refractivity contribution >= 4 is 44.3 Å². The summed E-state index contributed by atoms with van der Waals surface area (Å²) in [5.74, 6) is 7.30. The molecule has 16 aromatic rings. The van der Waals surface area contributed by atoms with Crippen LogP contribution in [0.15, 0.2) is 322 Å². The largest absolute Gasteiger partial charge is 0.508 e. The van der Waals surface area contributed by atoms with Gasteiger partial charge in [0.15, 0.2) is 0 Å². The monoisotopic (exact) mass is 1760 g/mol. The maximum Gasteiger partial charge on any atom is 0.120 e. The number of aromatic hydroxyl groups is 2. The number of phenols is 2. The fourth-order valence-electron chi connectivity index (χ4n) is 17.7. The van der Waals surface area contributed by atoms with E-state index >= 15 is 0 Å². The highest BCUT2D eigenvalue weighted by molar-refractivity contribution is 6.17. The molecule has 0 amide bonds. The SMILES string of the molecule is Cc1c(-c2ccc(O)cc2)n(Cc2ccc(OCCN3CCCCC3)cc2)c2ccc(O)cc12.Cc1c(-c2ccc(OCc3ccccc3)cc2)[nH]c2ccc(OCc3ccccc3)cc12.Cc1c(-c2ccc(OCc3ccccc3)cc2)n(Cc2ccc(OCCN3CCCCC3)cc2)c2ccc(OCc3ccccc3)cc12.ClCc1ccc(OCCN2CCCCC2)cc1. The van der Waals surface area contributed by atoms with Gasteiger partial charge in [0.25, 0.3) is 0 Å². The molecule has 3 aromatic heterocycles. The molecule has 0 bridgehead atoms. The number of fused-ring (bicyclic) bond motifs is 3. The third kappa shape index (κ3) is 25.5. The van der Waals surface area contributed by atoms with E-state index in [1.165, 1.54) is 141 Å². The Hall–Kier alpha value is -13.2. The number of aromatic amines is 1. The summed E-state index contributed by atoms with van der Waals surface area (Å²) in [4.78, 5) is 11.0. The zero-order chi connectivity index (χ0) is 89.7. The van der Waals surface area contributed by atoms with Crippen molar-refractivity contribution in [1.82, 2.24) is 28.8 Å². The van der Waals surface area contributed by atoms with Crippen LogP contribution in [0.3, 0.4) is 0 Å². The number of hydrogen-bond acceptors (Lipinski definition) is 12. The van der Waals surface area contributed by atoms with Gasteiger partial charge in [-0.1, -0.05) is 177 Å². The van der Waals surface area contributed by atoms with Gasteiger partial charge in [-0.2, -0.15) is 0 Å². The fourth-order valence-corrected chi connectivity index (χ4v) is 17.9. The number of benzene rings is 13. The van der Waals surface area contributed by atoms with Gasteiger partial charge in [0.1, 0.15) is 98.0 Å². The number of alkyl halides is 1. The van der Waals surface area contributed by atoms with Crippen molar-refractivity contribution in [2.75, 3.05) is 78.7 Å². The van der Waals surface area contributed by atoms with Crippen LogP contribution in [0.4, 0.5) is 0 Å². The predicted octanol–water partition coefficient (Wildman–Crippen LogP) is 26.2. The Kier molecular flexibility index (Phi) is 32.3. The Bertz CT molecular complexity index is 6190. The minimum Gasteiger partial charge on any atom is -0.508 e. The molecular weight excluding hydrogens is 1640 g/mol. The molecule has 0 saturated carbocycles. The van der Waals surface area contributed by atoms with Crippen LogP contribution in [0.25, 0.3) is 66.5 Å². The first-order valence-electron chi connectivity index (χ1n) is 46.5. The van der Waals surface area contributed by atoms with Crippen molar-refractivity contribution in [3.8, 4) is 85.5 Å². The number of piperidine rings is 3. The first-order valence-corrected chi connectivity index (χ1v) is 47.1. The van der Waals surface area contributed by atoms with Gasteiger partial charge in [0.2, 0.25) is 0 Å². The molecule has 3 fully saturated rings. The molecule has 16 heteroatoms. The van der Waals surface area contributed by atoms with Crippen LogP contribution in [0.1, 0.15) is 113 Å². The number of halogens is 1. The lowest BCUT2D eigenvalue weighted by molar-refractivity contribution is 0.183. The zero-order valence-corrected chi connectivity index (χ0v) is 76.5. The number of hydrogen-bond donors (Lipinski definition) is 3. The summed E-state index contributed by atoms with van der Waals surface area (Å²) in [6.07, 6.45) is 12.0. The summed E-state index contributed by atoms with van der Waals surface area (Å²) in [7, 11) is 0. The van der Waals surface area contributed by atoms with Crippen molar-refractivity contribution in [3.63, 3.8) is 0 Å². The molecule has 3 saturated heterocycles. The molecule has 0 spiro atoms. The van der Waals surface area contributed by atoms with Gasteiger partial charge < -0.3 is 57.5 Å². The lowest BCUT2D eigenvalue weighted by Gasteiger charge is -2.26. The normalized spacial score (nSPS) is 13.6. The second kappa shape index (κ2) is 46.4. The molecule has 6 heterocycles. The Morgan fingerprint density at radius 3 is 0.992 bits per heavy atom. The number of nitrogens with one attached hydrogen (secondary N) is 1. The van der Waals surface area contributed by atoms with Crippen molar-refractivity contribution in [2.45, 2.75) is 124 Å². The number of aryl methyl sites for hydroxylation is 3. The Morgan fingerprint density at radius 2 is 0.595 bits per heavy atom. The predicted molar refractivity (Wildman–Crippen MR) is 534 cm³/mol. The molecule has 672 valence electrons. The first-order chi connectivity index (χ1) is 64.4. The smallest absolute Gasteiger partial charge is 0.120 e. The van der Waals surface area contributed by atoms with E-state index in [1.807, 2.05) is 140 Å². The molecule has 19 rings (SSSR count). The van der Waals surface area contributed by atoms with Crippen LogP contribution in [-0.4, -0.2) is 118 Å². The summed E-state index contributed by atoms with van der Waals surface area (Å²) >= 11 is 5.74. The molecule has 0 atom stereocenters. The lowest BCUT2D eigenvalue weighted by Crippen LogP contribution is -2.33. The number of phenolic OH excluding ortho intramolecular Hbond substituents is 2. The van der Waals surface area contributed by atoms with E-state index in [0.29, 0.717) is 38.9 Å². The Labute approximate surface area is 776 Å². The van der Waals surface area contributed by atoms with Gasteiger partial charge >= 0.3 is 0 Å². The number of nitrogens with zero attached hydrogens (tertiary/aromatic N) is 5. The molecule has 3 N–H and O–H groups in total. The summed E-state index contributed by atoms with van der Waals surface area (Å²) in [5.41, 5.74) is 21.8. The highest BCUT2D eigenvalue weighted by atomic mass is 35.5. The average Bonchev–Trinajstić information content (AvgIpc) is 1.61. The van der Waals surface area contributed by atoms with Crippen LogP contribution in [0, 0.1) is 20.8 Å². The molecule has 3 aliphatic heterocycles. The van der Waals surface area contributed by atoms with E-state index < -0.39 is 0 Å². The molecule has 15 nitrogen and oxygen atoms in total. The molecule has 131 heavy (non-hydrogen) atoms. The Balaban J connectivity index is 0.000000134. The molecule has 0 unspecified atom stereocenters. The topological polar surface area (TPSA) is 140 Å². The molecular formula is C115H121ClN6O9. The van der Waals surface area contributed by atoms with Crippen LogP contribution < -0.4 is 33.2 Å². The van der Waals surface area contributed by atoms with Gasteiger partial charge in [-0.15, -0.1) is 11.6 Å². The van der Waals surface area contributed by atoms with Crippen LogP contribution in [0.5, 0.6) is 51.7 Å². The van der Waals surface area contributed by atoms with Gasteiger partial charge in [-0.25, -0.2) is 0 Å². The second-order valence-electron chi connectivity index (χ2n) is 34.3. The van der Waals surface area contributed by atoms with E-state index in [-0.39, 0.29) is 11.5 Å². The molecule has 13 aromatic carbocycles. The molecule has 0 aliphatic carbocycles. The quantitative estimate of drug-likeness (QED) is 0.0346. The number of H-pyrrole nitrogens is 1. The third-order valence-electron chi connectivity index (χ3n) is 25.0. The summed E-state index contributed by atoms with van der Waals surface area (Å²) in [5, 5.41) is 23.2. The summed E-state index contributed by atoms with van der Waals surface area (Å²) in [6, 6.07) is 108. The van der Waals surface area contributed by atoms with Gasteiger partial charge in [0, 0.05) is 77.0 Å². The number of aromatic nitrogens is 3. The van der Waals surface area contributed by atoms with Crippen LogP contribution in [0.2, 0.25) is 0 Å². The molecule has 3 aliphatic rings. The van der Waals surface area contributed by atoms with E-state index in [0.717, 1.165) is 164 Å². The van der Waals surface area contributed by atoms with E-state index in [4.69, 9.17) is 44.8 Å². The van der Waals surface area contributed by atoms with E-state index in [1.54, 1.807) is 18.2 Å². The molecule has 0 radical (unpaired) electrons. The highest BCUT2D eigenvalue weighted by Crippen LogP contribution is 2.40. The third-order valence-corrected chi connectivity index (χ3v) is 25.3. The van der Waals surface area contributed by atoms with Crippen molar-refractivity contribution in [2.24, 2.45) is 0 Å². The van der Waals surface area contributed by atoms with Gasteiger partial charge in [-0.3, -0.25) is 14.7 Å². The minimum atomic E-state index is 0.248. The van der Waals surface area contributed by atoms with Crippen LogP contribution >= 0.6 is 11.6 Å². The maximum atomic E-state index is 10.1. The van der Waals surface area contributed by atoms with E-state index in [9.17, 15) is 10.2 Å². The minimum absolute atomic E-state index is 0.248. The first kappa shape index (κ1) is 91.2. The number of likely N-dealkylation sites (tertiary alicyclic amines) is 3. The van der Waals surface area contributed by atoms with E-state index in [2.05, 4.69) is 213 Å². The standard InChI is InChI=1S/C43H44N2O3.C29H32N2O3.C29H25NO2.C14H20ClNO/c1-33-41-29-40(48-32-36-13-7-3-8-14-36)23-24-42(41)45(30-34-15-19-38(20-16-34)46-28-27-44-25-9-4-10-26-44)43(33)37-17-21-39(22-18-37)47-31-35-11-5-2-6-12-35;1-21-27-19-25(33)11-14-28(27)31(29(21)23-7-9-24(32)10-8-23)20-22-5-12-26(13-6-22)34-18-17-30-15-3-2-4-16-30;1-21-27-18-26(32-20-23-10-6-3-7-11-23)16-17-28(27)30-29(21)24-12-14-25(15-13-24)31-19-22-8-4-2-5-9-22;15-12-13-4-6-14(7-5-13)17-11-10-16-8-2-1-3-9-16/h2-3,5-8,11-24,29H,4,9-10,25-28,30-32H2,1H3;5-14,19,32-33H,2-4,15-18,20H2,1H3;2-18,30H,19-20H2,1H3;4-7H,1-3,8-12H2. The number of ether oxygens (including phenoxy) is 7. The summed E-state index contributed by atoms with van der Waals surface area (Å²) in [6.45, 7) is 22.6. The summed E-state index contributed by atoms with van der Waals surface area (Å²) < 4.78 is 46.9. The second-order valence-corrected chi connectivity index (χ2v) is 34.6. The van der Waals surface area contributed by atoms with Crippen LogP contribution in [-0.2, 0) is 45.4 Å². The Morgan fingerprint density at radius 1 is 0.282 bits per heavy atom. The van der Waals surface area contributed by atoms with Gasteiger partial charge in [0.05, 0.1) is 11.4 Å². The van der Waals surface area contributed by atoms with Crippen molar-refractivity contribution in [3.05, 3.63) is 377 Å². The average molecular weight is 1770 g/mol. The van der Waals surface area contributed by atoms with Gasteiger partial charge in [-0.05, 0) is 335 Å². The lowest BCUT2D eigenvalue weighted by atomic mass is 10.1. The number of rotatable bonds is 32. The van der Waals surface area contributed by atoms with Crippen molar-refractivity contribution in [1.29, 1.82) is 0 Å². The van der Waals surface area contributed by atoms with Crippen molar-refractivity contribution < 1.29 is 43.4 Å².